The SMILES string of the molecule is Cc1cc(Br)cc(NC(=O)c2cnc(Cl)cn2)c1. The first-order valence-electron chi connectivity index (χ1n) is 5.11. The number of benzene rings is 1. The van der Waals surface area contributed by atoms with Gasteiger partial charge in [-0.25, -0.2) is 9.97 Å². The van der Waals surface area contributed by atoms with Crippen molar-refractivity contribution >= 4 is 39.1 Å². The van der Waals surface area contributed by atoms with Gasteiger partial charge >= 0.3 is 0 Å². The van der Waals surface area contributed by atoms with Crippen LogP contribution in [0.3, 0.4) is 0 Å². The summed E-state index contributed by atoms with van der Waals surface area (Å²) in [6.45, 7) is 1.95. The Morgan fingerprint density at radius 2 is 2.06 bits per heavy atom. The fourth-order valence-electron chi connectivity index (χ4n) is 1.43. The van der Waals surface area contributed by atoms with Gasteiger partial charge in [0, 0.05) is 10.2 Å². The number of carbonyl (C=O) groups is 1. The summed E-state index contributed by atoms with van der Waals surface area (Å²) in [4.78, 5) is 19.6. The molecule has 1 heterocycles. The molecule has 0 spiro atoms. The molecule has 0 radical (unpaired) electrons. The normalized spacial score (nSPS) is 10.2. The van der Waals surface area contributed by atoms with Crippen LogP contribution >= 0.6 is 27.5 Å². The van der Waals surface area contributed by atoms with Crippen LogP contribution in [0.25, 0.3) is 0 Å². The van der Waals surface area contributed by atoms with Crippen molar-refractivity contribution in [3.05, 3.63) is 51.5 Å². The van der Waals surface area contributed by atoms with Crippen molar-refractivity contribution in [3.63, 3.8) is 0 Å². The van der Waals surface area contributed by atoms with Gasteiger partial charge in [0.25, 0.3) is 5.91 Å². The van der Waals surface area contributed by atoms with E-state index in [4.69, 9.17) is 11.6 Å². The molecule has 6 heteroatoms. The third-order valence-electron chi connectivity index (χ3n) is 2.15. The maximum Gasteiger partial charge on any atom is 0.275 e. The molecule has 0 aliphatic heterocycles. The van der Waals surface area contributed by atoms with Crippen molar-refractivity contribution in [1.82, 2.24) is 9.97 Å². The molecule has 1 aromatic heterocycles. The van der Waals surface area contributed by atoms with E-state index < -0.39 is 0 Å². The predicted molar refractivity (Wildman–Crippen MR) is 73.9 cm³/mol. The van der Waals surface area contributed by atoms with Gasteiger partial charge in [0.1, 0.15) is 10.8 Å². The van der Waals surface area contributed by atoms with Gasteiger partial charge in [-0.3, -0.25) is 4.79 Å². The molecule has 0 aliphatic rings. The third-order valence-corrected chi connectivity index (χ3v) is 2.81. The minimum absolute atomic E-state index is 0.219. The topological polar surface area (TPSA) is 54.9 Å². The molecule has 18 heavy (non-hydrogen) atoms. The number of carbonyl (C=O) groups excluding carboxylic acids is 1. The Kier molecular flexibility index (Phi) is 3.93. The lowest BCUT2D eigenvalue weighted by atomic mass is 10.2. The van der Waals surface area contributed by atoms with Crippen LogP contribution in [0.2, 0.25) is 5.15 Å². The van der Waals surface area contributed by atoms with E-state index in [1.807, 2.05) is 25.1 Å². The predicted octanol–water partition coefficient (Wildman–Crippen LogP) is 3.45. The molecule has 1 aromatic carbocycles. The summed E-state index contributed by atoms with van der Waals surface area (Å²) in [5, 5.41) is 3.00. The van der Waals surface area contributed by atoms with E-state index in [1.54, 1.807) is 0 Å². The first-order valence-corrected chi connectivity index (χ1v) is 6.28. The van der Waals surface area contributed by atoms with E-state index in [-0.39, 0.29) is 16.8 Å². The standard InChI is InChI=1S/C12H9BrClN3O/c1-7-2-8(13)4-9(3-7)17-12(18)10-5-16-11(14)6-15-10/h2-6H,1H3,(H,17,18). The van der Waals surface area contributed by atoms with Gasteiger partial charge in [-0.1, -0.05) is 27.5 Å². The quantitative estimate of drug-likeness (QED) is 0.919. The van der Waals surface area contributed by atoms with Gasteiger partial charge in [0.05, 0.1) is 12.4 Å². The number of rotatable bonds is 2. The van der Waals surface area contributed by atoms with Crippen molar-refractivity contribution in [2.75, 3.05) is 5.32 Å². The minimum Gasteiger partial charge on any atom is -0.321 e. The molecule has 1 N–H and O–H groups in total. The summed E-state index contributed by atoms with van der Waals surface area (Å²) in [7, 11) is 0. The van der Waals surface area contributed by atoms with Crippen LogP contribution in [-0.4, -0.2) is 15.9 Å². The molecule has 0 unspecified atom stereocenters. The fourth-order valence-corrected chi connectivity index (χ4v) is 2.14. The maximum atomic E-state index is 11.9. The van der Waals surface area contributed by atoms with Crippen molar-refractivity contribution in [1.29, 1.82) is 0 Å². The highest BCUT2D eigenvalue weighted by molar-refractivity contribution is 9.10. The largest absolute Gasteiger partial charge is 0.321 e. The summed E-state index contributed by atoms with van der Waals surface area (Å²) < 4.78 is 0.903. The average molecular weight is 327 g/mol. The Hall–Kier alpha value is -1.46. The zero-order valence-electron chi connectivity index (χ0n) is 9.45. The zero-order chi connectivity index (χ0) is 13.1. The van der Waals surface area contributed by atoms with E-state index >= 15 is 0 Å². The number of amides is 1. The van der Waals surface area contributed by atoms with Crippen LogP contribution in [0.5, 0.6) is 0 Å². The summed E-state index contributed by atoms with van der Waals surface area (Å²) in [6.07, 6.45) is 2.67. The number of hydrogen-bond donors (Lipinski definition) is 1. The Morgan fingerprint density at radius 3 is 2.67 bits per heavy atom. The molecule has 0 atom stereocenters. The maximum absolute atomic E-state index is 11.9. The van der Waals surface area contributed by atoms with Crippen LogP contribution in [0.15, 0.2) is 35.1 Å². The van der Waals surface area contributed by atoms with Crippen LogP contribution < -0.4 is 5.32 Å². The van der Waals surface area contributed by atoms with Gasteiger partial charge in [0.15, 0.2) is 0 Å². The Morgan fingerprint density at radius 1 is 1.28 bits per heavy atom. The van der Waals surface area contributed by atoms with Crippen molar-refractivity contribution < 1.29 is 4.79 Å². The Labute approximate surface area is 118 Å². The molecule has 0 aliphatic carbocycles. The van der Waals surface area contributed by atoms with E-state index in [9.17, 15) is 4.79 Å². The Bertz CT molecular complexity index is 566. The summed E-state index contributed by atoms with van der Waals surface area (Å²) >= 11 is 8.98. The molecule has 2 aromatic rings. The highest BCUT2D eigenvalue weighted by atomic mass is 79.9. The van der Waals surface area contributed by atoms with E-state index in [0.29, 0.717) is 5.69 Å². The highest BCUT2D eigenvalue weighted by Gasteiger charge is 2.08. The van der Waals surface area contributed by atoms with Gasteiger partial charge < -0.3 is 5.32 Å². The highest BCUT2D eigenvalue weighted by Crippen LogP contribution is 2.19. The van der Waals surface area contributed by atoms with E-state index in [0.717, 1.165) is 10.0 Å². The number of nitrogens with zero attached hydrogens (tertiary/aromatic N) is 2. The van der Waals surface area contributed by atoms with E-state index in [1.165, 1.54) is 12.4 Å². The molecule has 0 saturated carbocycles. The summed E-state index contributed by atoms with van der Waals surface area (Å²) in [5.41, 5.74) is 1.96. The lowest BCUT2D eigenvalue weighted by Crippen LogP contribution is -2.14. The number of hydrogen-bond acceptors (Lipinski definition) is 3. The van der Waals surface area contributed by atoms with Crippen LogP contribution in [0, 0.1) is 6.92 Å². The minimum atomic E-state index is -0.323. The molecular weight excluding hydrogens is 318 g/mol. The van der Waals surface area contributed by atoms with Crippen molar-refractivity contribution in [2.45, 2.75) is 6.92 Å². The average Bonchev–Trinajstić information content (AvgIpc) is 2.28. The Balaban J connectivity index is 2.18. The number of aromatic nitrogens is 2. The molecule has 92 valence electrons. The van der Waals surface area contributed by atoms with Gasteiger partial charge in [-0.05, 0) is 30.7 Å². The number of nitrogens with one attached hydrogen (secondary N) is 1. The number of aryl methyl sites for hydroxylation is 1. The van der Waals surface area contributed by atoms with Gasteiger partial charge in [0.2, 0.25) is 0 Å². The first-order chi connectivity index (χ1) is 8.54. The lowest BCUT2D eigenvalue weighted by molar-refractivity contribution is 0.102. The van der Waals surface area contributed by atoms with E-state index in [2.05, 4.69) is 31.2 Å². The zero-order valence-corrected chi connectivity index (χ0v) is 11.8. The van der Waals surface area contributed by atoms with Crippen LogP contribution in [0.1, 0.15) is 16.1 Å². The molecule has 0 fully saturated rings. The molecule has 0 saturated heterocycles. The second-order valence-electron chi connectivity index (χ2n) is 3.70. The third kappa shape index (κ3) is 3.27. The molecule has 1 amide bonds. The first kappa shape index (κ1) is 13.0. The molecule has 4 nitrogen and oxygen atoms in total. The van der Waals surface area contributed by atoms with Crippen molar-refractivity contribution in [3.8, 4) is 0 Å². The van der Waals surface area contributed by atoms with Crippen LogP contribution in [0.4, 0.5) is 5.69 Å². The molecule has 0 bridgehead atoms. The summed E-state index contributed by atoms with van der Waals surface area (Å²) in [6, 6.07) is 5.64. The second kappa shape index (κ2) is 5.46. The van der Waals surface area contributed by atoms with Gasteiger partial charge in [-0.2, -0.15) is 0 Å². The lowest BCUT2D eigenvalue weighted by Gasteiger charge is -2.06. The van der Waals surface area contributed by atoms with Gasteiger partial charge in [-0.15, -0.1) is 0 Å². The second-order valence-corrected chi connectivity index (χ2v) is 5.00. The van der Waals surface area contributed by atoms with Crippen LogP contribution in [-0.2, 0) is 0 Å². The number of anilines is 1. The molecule has 2 rings (SSSR count). The smallest absolute Gasteiger partial charge is 0.275 e. The fraction of sp³-hybridized carbons (Fsp3) is 0.0833. The summed E-state index contributed by atoms with van der Waals surface area (Å²) in [5.74, 6) is -0.323. The monoisotopic (exact) mass is 325 g/mol. The van der Waals surface area contributed by atoms with Crippen molar-refractivity contribution in [2.24, 2.45) is 0 Å². The number of halogens is 2. The molecular formula is C12H9BrClN3O.